The number of methoxy groups -OCH3 is 2. The van der Waals surface area contributed by atoms with Crippen molar-refractivity contribution >= 4 is 17.3 Å². The van der Waals surface area contributed by atoms with Crippen LogP contribution in [0.15, 0.2) is 24.4 Å². The smallest absolute Gasteiger partial charge is 0.162 e. The summed E-state index contributed by atoms with van der Waals surface area (Å²) in [7, 11) is 3.16. The van der Waals surface area contributed by atoms with E-state index in [0.29, 0.717) is 23.1 Å². The normalized spacial score (nSPS) is 10.2. The molecule has 0 aliphatic rings. The van der Waals surface area contributed by atoms with Crippen LogP contribution in [-0.2, 0) is 6.54 Å². The van der Waals surface area contributed by atoms with E-state index in [4.69, 9.17) is 21.1 Å². The first-order valence-electron chi connectivity index (χ1n) is 5.38. The van der Waals surface area contributed by atoms with E-state index in [1.807, 2.05) is 6.07 Å². The summed E-state index contributed by atoms with van der Waals surface area (Å²) in [6, 6.07) is 5.41. The standard InChI is InChI=1S/C12H14ClN3O2/c1-17-11-5-9(13)10(6-12(11)18-2)14-7-8-3-4-15-16-8/h3-6,14H,7H2,1-2H3,(H,15,16). The first-order valence-corrected chi connectivity index (χ1v) is 5.76. The molecule has 96 valence electrons. The molecular formula is C12H14ClN3O2. The number of ether oxygens (including phenoxy) is 2. The van der Waals surface area contributed by atoms with Gasteiger partial charge >= 0.3 is 0 Å². The molecule has 0 aliphatic heterocycles. The van der Waals surface area contributed by atoms with Crippen LogP contribution in [0.25, 0.3) is 0 Å². The molecule has 0 saturated heterocycles. The molecule has 2 aromatic rings. The molecule has 18 heavy (non-hydrogen) atoms. The number of aromatic nitrogens is 2. The van der Waals surface area contributed by atoms with Gasteiger partial charge in [0.15, 0.2) is 11.5 Å². The average Bonchev–Trinajstić information content (AvgIpc) is 2.90. The monoisotopic (exact) mass is 267 g/mol. The zero-order valence-electron chi connectivity index (χ0n) is 10.2. The second-order valence-corrected chi connectivity index (χ2v) is 4.03. The molecule has 0 fully saturated rings. The van der Waals surface area contributed by atoms with Gasteiger partial charge in [-0.1, -0.05) is 11.6 Å². The van der Waals surface area contributed by atoms with Crippen LogP contribution < -0.4 is 14.8 Å². The van der Waals surface area contributed by atoms with Crippen LogP contribution in [0.3, 0.4) is 0 Å². The van der Waals surface area contributed by atoms with Gasteiger partial charge in [0.05, 0.1) is 37.2 Å². The van der Waals surface area contributed by atoms with Crippen molar-refractivity contribution in [2.75, 3.05) is 19.5 Å². The Bertz CT molecular complexity index is 514. The maximum Gasteiger partial charge on any atom is 0.162 e. The summed E-state index contributed by atoms with van der Waals surface area (Å²) < 4.78 is 10.4. The van der Waals surface area contributed by atoms with Crippen molar-refractivity contribution in [1.29, 1.82) is 0 Å². The number of anilines is 1. The van der Waals surface area contributed by atoms with Gasteiger partial charge in [-0.25, -0.2) is 0 Å². The zero-order valence-corrected chi connectivity index (χ0v) is 10.9. The van der Waals surface area contributed by atoms with Gasteiger partial charge < -0.3 is 14.8 Å². The molecule has 0 saturated carbocycles. The van der Waals surface area contributed by atoms with E-state index in [-0.39, 0.29) is 0 Å². The third kappa shape index (κ3) is 2.68. The number of hydrogen-bond donors (Lipinski definition) is 2. The van der Waals surface area contributed by atoms with Gasteiger partial charge in [0.25, 0.3) is 0 Å². The van der Waals surface area contributed by atoms with Gasteiger partial charge in [0.2, 0.25) is 0 Å². The minimum absolute atomic E-state index is 0.576. The highest BCUT2D eigenvalue weighted by molar-refractivity contribution is 6.33. The van der Waals surface area contributed by atoms with E-state index < -0.39 is 0 Å². The van der Waals surface area contributed by atoms with E-state index in [2.05, 4.69) is 15.5 Å². The molecule has 0 atom stereocenters. The summed E-state index contributed by atoms with van der Waals surface area (Å²) in [5.41, 5.74) is 1.75. The molecule has 0 aliphatic carbocycles. The quantitative estimate of drug-likeness (QED) is 0.874. The number of aromatic amines is 1. The predicted molar refractivity (Wildman–Crippen MR) is 70.5 cm³/mol. The Kier molecular flexibility index (Phi) is 3.94. The van der Waals surface area contributed by atoms with Crippen molar-refractivity contribution in [3.63, 3.8) is 0 Å². The molecule has 1 aromatic carbocycles. The van der Waals surface area contributed by atoms with Gasteiger partial charge in [-0.2, -0.15) is 5.10 Å². The van der Waals surface area contributed by atoms with Crippen LogP contribution in [0, 0.1) is 0 Å². The number of H-pyrrole nitrogens is 1. The fourth-order valence-electron chi connectivity index (χ4n) is 1.56. The lowest BCUT2D eigenvalue weighted by Gasteiger charge is -2.12. The van der Waals surface area contributed by atoms with Crippen LogP contribution in [0.1, 0.15) is 5.69 Å². The van der Waals surface area contributed by atoms with Crippen molar-refractivity contribution in [1.82, 2.24) is 10.2 Å². The van der Waals surface area contributed by atoms with Crippen molar-refractivity contribution in [3.05, 3.63) is 35.1 Å². The maximum atomic E-state index is 6.15. The summed E-state index contributed by atoms with van der Waals surface area (Å²) in [4.78, 5) is 0. The fraction of sp³-hybridized carbons (Fsp3) is 0.250. The van der Waals surface area contributed by atoms with Crippen molar-refractivity contribution in [2.45, 2.75) is 6.54 Å². The molecule has 5 nitrogen and oxygen atoms in total. The highest BCUT2D eigenvalue weighted by Crippen LogP contribution is 2.36. The third-order valence-electron chi connectivity index (χ3n) is 2.50. The number of halogens is 1. The number of rotatable bonds is 5. The first-order chi connectivity index (χ1) is 8.74. The van der Waals surface area contributed by atoms with Crippen LogP contribution in [-0.4, -0.2) is 24.4 Å². The second kappa shape index (κ2) is 5.64. The van der Waals surface area contributed by atoms with Crippen LogP contribution in [0.5, 0.6) is 11.5 Å². The molecule has 1 aromatic heterocycles. The maximum absolute atomic E-state index is 6.15. The van der Waals surface area contributed by atoms with E-state index in [9.17, 15) is 0 Å². The Morgan fingerprint density at radius 3 is 2.61 bits per heavy atom. The summed E-state index contributed by atoms with van der Waals surface area (Å²) in [6.45, 7) is 0.606. The van der Waals surface area contributed by atoms with Crippen LogP contribution in [0.4, 0.5) is 5.69 Å². The lowest BCUT2D eigenvalue weighted by atomic mass is 10.2. The Morgan fingerprint density at radius 2 is 2.00 bits per heavy atom. The summed E-state index contributed by atoms with van der Waals surface area (Å²) in [5, 5.41) is 10.5. The number of nitrogens with zero attached hydrogens (tertiary/aromatic N) is 1. The lowest BCUT2D eigenvalue weighted by molar-refractivity contribution is 0.355. The minimum Gasteiger partial charge on any atom is -0.493 e. The second-order valence-electron chi connectivity index (χ2n) is 3.62. The van der Waals surface area contributed by atoms with Gasteiger partial charge in [0, 0.05) is 18.3 Å². The number of benzene rings is 1. The molecule has 0 spiro atoms. The molecule has 0 bridgehead atoms. The average molecular weight is 268 g/mol. The van der Waals surface area contributed by atoms with E-state index >= 15 is 0 Å². The van der Waals surface area contributed by atoms with Gasteiger partial charge in [-0.15, -0.1) is 0 Å². The Hall–Kier alpha value is -1.88. The van der Waals surface area contributed by atoms with Crippen molar-refractivity contribution < 1.29 is 9.47 Å². The molecule has 6 heteroatoms. The van der Waals surface area contributed by atoms with E-state index in [1.165, 1.54) is 0 Å². The predicted octanol–water partition coefficient (Wildman–Crippen LogP) is 2.69. The van der Waals surface area contributed by atoms with Gasteiger partial charge in [-0.3, -0.25) is 5.10 Å². The van der Waals surface area contributed by atoms with Gasteiger partial charge in [0.1, 0.15) is 0 Å². The third-order valence-corrected chi connectivity index (χ3v) is 2.81. The van der Waals surface area contributed by atoms with Gasteiger partial charge in [-0.05, 0) is 6.07 Å². The first kappa shape index (κ1) is 12.6. The Morgan fingerprint density at radius 1 is 1.28 bits per heavy atom. The van der Waals surface area contributed by atoms with Crippen LogP contribution in [0.2, 0.25) is 5.02 Å². The Balaban J connectivity index is 2.17. The highest BCUT2D eigenvalue weighted by Gasteiger charge is 2.09. The molecular weight excluding hydrogens is 254 g/mol. The summed E-state index contributed by atoms with van der Waals surface area (Å²) >= 11 is 6.15. The minimum atomic E-state index is 0.576. The fourth-order valence-corrected chi connectivity index (χ4v) is 1.78. The van der Waals surface area contributed by atoms with Crippen LogP contribution >= 0.6 is 11.6 Å². The molecule has 2 N–H and O–H groups in total. The number of hydrogen-bond acceptors (Lipinski definition) is 4. The molecule has 0 radical (unpaired) electrons. The molecule has 1 heterocycles. The van der Waals surface area contributed by atoms with Crippen molar-refractivity contribution in [3.8, 4) is 11.5 Å². The largest absolute Gasteiger partial charge is 0.493 e. The topological polar surface area (TPSA) is 59.2 Å². The van der Waals surface area contributed by atoms with Crippen molar-refractivity contribution in [2.24, 2.45) is 0 Å². The molecule has 2 rings (SSSR count). The van der Waals surface area contributed by atoms with E-state index in [0.717, 1.165) is 11.4 Å². The summed E-state index contributed by atoms with van der Waals surface area (Å²) in [6.07, 6.45) is 1.70. The highest BCUT2D eigenvalue weighted by atomic mass is 35.5. The summed E-state index contributed by atoms with van der Waals surface area (Å²) in [5.74, 6) is 1.24. The lowest BCUT2D eigenvalue weighted by Crippen LogP contribution is -2.01. The zero-order chi connectivity index (χ0) is 13.0. The number of nitrogens with one attached hydrogen (secondary N) is 2. The SMILES string of the molecule is COc1cc(Cl)c(NCc2ccn[nH]2)cc1OC. The molecule has 0 unspecified atom stereocenters. The van der Waals surface area contributed by atoms with E-state index in [1.54, 1.807) is 32.5 Å². The molecule has 0 amide bonds. The Labute approximate surface area is 110 Å².